The average molecular weight is 366 g/mol. The summed E-state index contributed by atoms with van der Waals surface area (Å²) in [7, 11) is 0. The van der Waals surface area contributed by atoms with Crippen molar-refractivity contribution in [3.63, 3.8) is 0 Å². The fourth-order valence-corrected chi connectivity index (χ4v) is 2.99. The molecule has 0 aliphatic rings. The number of hydrogen-bond acceptors (Lipinski definition) is 4. The molecule has 0 fully saturated rings. The fraction of sp³-hybridized carbons (Fsp3) is 0.300. The predicted octanol–water partition coefficient (Wildman–Crippen LogP) is 1.86. The zero-order valence-corrected chi connectivity index (χ0v) is 15.4. The highest BCUT2D eigenvalue weighted by Gasteiger charge is 2.14. The molecule has 1 atom stereocenters. The lowest BCUT2D eigenvalue weighted by Crippen LogP contribution is -2.34. The van der Waals surface area contributed by atoms with Gasteiger partial charge >= 0.3 is 5.69 Å². The van der Waals surface area contributed by atoms with E-state index in [1.54, 1.807) is 6.92 Å². The Morgan fingerprint density at radius 3 is 2.70 bits per heavy atom. The molecule has 0 aliphatic carbocycles. The molecule has 27 heavy (non-hydrogen) atoms. The van der Waals surface area contributed by atoms with E-state index < -0.39 is 11.2 Å². The number of nitrogens with one attached hydrogen (secondary N) is 2. The fourth-order valence-electron chi connectivity index (χ4n) is 2.99. The van der Waals surface area contributed by atoms with Crippen molar-refractivity contribution < 1.29 is 4.79 Å². The predicted molar refractivity (Wildman–Crippen MR) is 104 cm³/mol. The highest BCUT2D eigenvalue weighted by Crippen LogP contribution is 2.09. The summed E-state index contributed by atoms with van der Waals surface area (Å²) in [5.74, 6) is -0.293. The number of aromatic nitrogens is 3. The Morgan fingerprint density at radius 1 is 1.26 bits per heavy atom. The molecule has 3 aromatic rings. The van der Waals surface area contributed by atoms with Crippen molar-refractivity contribution in [2.75, 3.05) is 0 Å². The van der Waals surface area contributed by atoms with E-state index in [0.29, 0.717) is 12.1 Å². The summed E-state index contributed by atoms with van der Waals surface area (Å²) in [5, 5.41) is 3.15. The Kier molecular flexibility index (Phi) is 5.49. The summed E-state index contributed by atoms with van der Waals surface area (Å²) >= 11 is 0. The van der Waals surface area contributed by atoms with Crippen LogP contribution in [0.1, 0.15) is 36.2 Å². The molecule has 0 spiro atoms. The second kappa shape index (κ2) is 7.99. The molecule has 3 rings (SSSR count). The van der Waals surface area contributed by atoms with Gasteiger partial charge in [-0.25, -0.2) is 9.78 Å². The standard InChI is InChI=1S/C20H22N4O3/c1-3-24-17-16(19(26)23-20(24)27)11-15(12-21-17)18(25)22-13(2)9-10-14-7-5-4-6-8-14/h4-8,11-13H,3,9-10H2,1-2H3,(H,22,25)(H,23,26,27). The van der Waals surface area contributed by atoms with Gasteiger partial charge in [-0.15, -0.1) is 0 Å². The van der Waals surface area contributed by atoms with Crippen LogP contribution < -0.4 is 16.6 Å². The number of carbonyl (C=O) groups excluding carboxylic acids is 1. The van der Waals surface area contributed by atoms with Gasteiger partial charge in [-0.2, -0.15) is 0 Å². The van der Waals surface area contributed by atoms with Crippen molar-refractivity contribution in [3.05, 3.63) is 74.6 Å². The number of carbonyl (C=O) groups is 1. The van der Waals surface area contributed by atoms with Crippen LogP contribution in [0.4, 0.5) is 0 Å². The van der Waals surface area contributed by atoms with E-state index in [1.165, 1.54) is 22.4 Å². The van der Waals surface area contributed by atoms with Crippen LogP contribution in [0.3, 0.4) is 0 Å². The van der Waals surface area contributed by atoms with E-state index >= 15 is 0 Å². The topological polar surface area (TPSA) is 96.9 Å². The van der Waals surface area contributed by atoms with Gasteiger partial charge in [-0.05, 0) is 38.3 Å². The molecule has 0 radical (unpaired) electrons. The normalized spacial score (nSPS) is 12.1. The van der Waals surface area contributed by atoms with E-state index in [2.05, 4.69) is 27.4 Å². The molecule has 1 aromatic carbocycles. The van der Waals surface area contributed by atoms with E-state index in [-0.39, 0.29) is 23.0 Å². The summed E-state index contributed by atoms with van der Waals surface area (Å²) < 4.78 is 1.36. The van der Waals surface area contributed by atoms with Crippen molar-refractivity contribution in [3.8, 4) is 0 Å². The first-order chi connectivity index (χ1) is 13.0. The number of benzene rings is 1. The van der Waals surface area contributed by atoms with Crippen LogP contribution in [0, 0.1) is 0 Å². The van der Waals surface area contributed by atoms with Crippen LogP contribution in [0.5, 0.6) is 0 Å². The number of pyridine rings is 1. The molecule has 2 aromatic heterocycles. The van der Waals surface area contributed by atoms with Crippen molar-refractivity contribution in [2.45, 2.75) is 39.3 Å². The number of rotatable bonds is 6. The number of aromatic amines is 1. The monoisotopic (exact) mass is 366 g/mol. The van der Waals surface area contributed by atoms with Gasteiger partial charge in [-0.1, -0.05) is 30.3 Å². The molecule has 7 nitrogen and oxygen atoms in total. The summed E-state index contributed by atoms with van der Waals surface area (Å²) in [6.45, 7) is 4.11. The molecule has 2 heterocycles. The summed E-state index contributed by atoms with van der Waals surface area (Å²) in [6, 6.07) is 11.5. The van der Waals surface area contributed by atoms with Gasteiger partial charge in [0, 0.05) is 18.8 Å². The quantitative estimate of drug-likeness (QED) is 0.696. The van der Waals surface area contributed by atoms with Crippen LogP contribution in [0.15, 0.2) is 52.2 Å². The Morgan fingerprint density at radius 2 is 2.00 bits per heavy atom. The van der Waals surface area contributed by atoms with Crippen LogP contribution in [0.2, 0.25) is 0 Å². The van der Waals surface area contributed by atoms with E-state index in [9.17, 15) is 14.4 Å². The Bertz CT molecular complexity index is 1070. The molecule has 7 heteroatoms. The maximum atomic E-state index is 12.5. The molecule has 0 saturated carbocycles. The number of aryl methyl sites for hydroxylation is 2. The van der Waals surface area contributed by atoms with Crippen molar-refractivity contribution in [2.24, 2.45) is 0 Å². The van der Waals surface area contributed by atoms with Gasteiger partial charge in [0.05, 0.1) is 10.9 Å². The molecule has 1 unspecified atom stereocenters. The van der Waals surface area contributed by atoms with Crippen molar-refractivity contribution >= 4 is 16.9 Å². The molecular formula is C20H22N4O3. The summed E-state index contributed by atoms with van der Waals surface area (Å²) in [6.07, 6.45) is 3.06. The van der Waals surface area contributed by atoms with Crippen LogP contribution in [-0.4, -0.2) is 26.5 Å². The maximum Gasteiger partial charge on any atom is 0.329 e. The smallest absolute Gasteiger partial charge is 0.329 e. The minimum absolute atomic E-state index is 0.0312. The van der Waals surface area contributed by atoms with Crippen LogP contribution in [0.25, 0.3) is 11.0 Å². The van der Waals surface area contributed by atoms with E-state index in [0.717, 1.165) is 12.8 Å². The zero-order chi connectivity index (χ0) is 19.4. The third-order valence-electron chi connectivity index (χ3n) is 4.50. The lowest BCUT2D eigenvalue weighted by molar-refractivity contribution is 0.0938. The van der Waals surface area contributed by atoms with Gasteiger partial charge in [0.15, 0.2) is 0 Å². The van der Waals surface area contributed by atoms with Crippen molar-refractivity contribution in [1.29, 1.82) is 0 Å². The lowest BCUT2D eigenvalue weighted by Gasteiger charge is -2.14. The highest BCUT2D eigenvalue weighted by molar-refractivity contribution is 5.96. The number of H-pyrrole nitrogens is 1. The second-order valence-corrected chi connectivity index (χ2v) is 6.50. The van der Waals surface area contributed by atoms with Gasteiger partial charge in [0.25, 0.3) is 11.5 Å². The molecule has 0 saturated heterocycles. The second-order valence-electron chi connectivity index (χ2n) is 6.50. The molecular weight excluding hydrogens is 344 g/mol. The van der Waals surface area contributed by atoms with Gasteiger partial charge in [0.1, 0.15) is 5.65 Å². The van der Waals surface area contributed by atoms with Crippen LogP contribution in [-0.2, 0) is 13.0 Å². The largest absolute Gasteiger partial charge is 0.350 e. The number of nitrogens with zero attached hydrogens (tertiary/aromatic N) is 2. The number of hydrogen-bond donors (Lipinski definition) is 2. The first kappa shape index (κ1) is 18.6. The Labute approximate surface area is 156 Å². The Balaban J connectivity index is 1.75. The van der Waals surface area contributed by atoms with Gasteiger partial charge in [-0.3, -0.25) is 19.1 Å². The Hall–Kier alpha value is -3.22. The SMILES string of the molecule is CCn1c(=O)[nH]c(=O)c2cc(C(=O)NC(C)CCc3ccccc3)cnc21. The van der Waals surface area contributed by atoms with E-state index in [4.69, 9.17) is 0 Å². The van der Waals surface area contributed by atoms with Gasteiger partial charge < -0.3 is 5.32 Å². The minimum Gasteiger partial charge on any atom is -0.350 e. The molecule has 1 amide bonds. The zero-order valence-electron chi connectivity index (χ0n) is 15.4. The highest BCUT2D eigenvalue weighted by atomic mass is 16.2. The molecule has 0 aliphatic heterocycles. The van der Waals surface area contributed by atoms with Crippen molar-refractivity contribution in [1.82, 2.24) is 19.9 Å². The third-order valence-corrected chi connectivity index (χ3v) is 4.50. The maximum absolute atomic E-state index is 12.5. The third kappa shape index (κ3) is 4.13. The molecule has 140 valence electrons. The van der Waals surface area contributed by atoms with Crippen LogP contribution >= 0.6 is 0 Å². The molecule has 0 bridgehead atoms. The first-order valence-electron chi connectivity index (χ1n) is 8.97. The summed E-state index contributed by atoms with van der Waals surface area (Å²) in [5.41, 5.74) is 0.740. The number of amides is 1. The van der Waals surface area contributed by atoms with E-state index in [1.807, 2.05) is 25.1 Å². The van der Waals surface area contributed by atoms with Gasteiger partial charge in [0.2, 0.25) is 0 Å². The molecule has 2 N–H and O–H groups in total. The minimum atomic E-state index is -0.543. The average Bonchev–Trinajstić information content (AvgIpc) is 2.67. The summed E-state index contributed by atoms with van der Waals surface area (Å²) in [4.78, 5) is 42.9. The first-order valence-corrected chi connectivity index (χ1v) is 8.97. The number of fused-ring (bicyclic) bond motifs is 1. The lowest BCUT2D eigenvalue weighted by atomic mass is 10.1.